The van der Waals surface area contributed by atoms with Crippen molar-refractivity contribution < 1.29 is 24.2 Å². The molecule has 5 heteroatoms. The fourth-order valence-corrected chi connectivity index (χ4v) is 0.417. The second kappa shape index (κ2) is 4.38. The highest BCUT2D eigenvalue weighted by molar-refractivity contribution is 5.87. The summed E-state index contributed by atoms with van der Waals surface area (Å²) in [6.45, 7) is 6.06. The van der Waals surface area contributed by atoms with E-state index in [9.17, 15) is 9.59 Å². The lowest BCUT2D eigenvalue weighted by atomic mass is 10.4. The molecule has 0 amide bonds. The van der Waals surface area contributed by atoms with Gasteiger partial charge in [-0.1, -0.05) is 6.58 Å². The lowest BCUT2D eigenvalue weighted by Crippen LogP contribution is -2.20. The molecule has 0 aromatic carbocycles. The number of hydrogen-bond donors (Lipinski definition) is 1. The Morgan fingerprint density at radius 1 is 1.42 bits per heavy atom. The lowest BCUT2D eigenvalue weighted by Gasteiger charge is -2.10. The van der Waals surface area contributed by atoms with Gasteiger partial charge in [0.25, 0.3) is 0 Å². The first-order valence-corrected chi connectivity index (χ1v) is 3.19. The Balaban J connectivity index is 3.84. The van der Waals surface area contributed by atoms with E-state index in [1.165, 1.54) is 13.8 Å². The van der Waals surface area contributed by atoms with Gasteiger partial charge < -0.3 is 14.6 Å². The van der Waals surface area contributed by atoms with Crippen molar-refractivity contribution in [1.82, 2.24) is 0 Å². The molecule has 0 radical (unpaired) electrons. The summed E-state index contributed by atoms with van der Waals surface area (Å²) in [4.78, 5) is 20.7. The fourth-order valence-electron chi connectivity index (χ4n) is 0.417. The maximum Gasteiger partial charge on any atom is 0.508 e. The molecule has 0 saturated heterocycles. The molecule has 1 atom stereocenters. The molecule has 0 spiro atoms. The zero-order chi connectivity index (χ0) is 9.72. The molecule has 0 rings (SSSR count). The molecule has 12 heavy (non-hydrogen) atoms. The Morgan fingerprint density at radius 2 is 1.92 bits per heavy atom. The van der Waals surface area contributed by atoms with Crippen molar-refractivity contribution in [2.75, 3.05) is 0 Å². The summed E-state index contributed by atoms with van der Waals surface area (Å²) in [5.41, 5.74) is 0.191. The zero-order valence-electron chi connectivity index (χ0n) is 6.86. The van der Waals surface area contributed by atoms with E-state index in [0.717, 1.165) is 0 Å². The Bertz CT molecular complexity index is 208. The standard InChI is InChI=1S/C7H10O5/c1-4(2)6(8)11-5(3)12-7(9)10/h5H,1H2,2-3H3,(H,9,10). The van der Waals surface area contributed by atoms with Crippen LogP contribution in [0.15, 0.2) is 12.2 Å². The predicted octanol–water partition coefficient (Wildman–Crippen LogP) is 1.15. The summed E-state index contributed by atoms with van der Waals surface area (Å²) >= 11 is 0. The van der Waals surface area contributed by atoms with Gasteiger partial charge >= 0.3 is 12.1 Å². The van der Waals surface area contributed by atoms with Crippen molar-refractivity contribution in [3.8, 4) is 0 Å². The Labute approximate surface area is 69.6 Å². The molecule has 0 aromatic heterocycles. The van der Waals surface area contributed by atoms with Crippen LogP contribution in [0.1, 0.15) is 13.8 Å². The molecule has 1 N–H and O–H groups in total. The van der Waals surface area contributed by atoms with E-state index in [4.69, 9.17) is 5.11 Å². The Kier molecular flexibility index (Phi) is 3.82. The number of ether oxygens (including phenoxy) is 2. The van der Waals surface area contributed by atoms with Crippen LogP contribution >= 0.6 is 0 Å². The number of rotatable bonds is 3. The van der Waals surface area contributed by atoms with Gasteiger partial charge in [-0.25, -0.2) is 9.59 Å². The van der Waals surface area contributed by atoms with Gasteiger partial charge in [0, 0.05) is 12.5 Å². The quantitative estimate of drug-likeness (QED) is 0.394. The van der Waals surface area contributed by atoms with Crippen molar-refractivity contribution in [3.05, 3.63) is 12.2 Å². The van der Waals surface area contributed by atoms with Crippen molar-refractivity contribution in [2.45, 2.75) is 20.1 Å². The van der Waals surface area contributed by atoms with Crippen LogP contribution in [0.5, 0.6) is 0 Å². The molecule has 1 unspecified atom stereocenters. The van der Waals surface area contributed by atoms with Crippen LogP contribution in [0.4, 0.5) is 4.79 Å². The number of hydrogen-bond acceptors (Lipinski definition) is 4. The van der Waals surface area contributed by atoms with Crippen LogP contribution in [-0.2, 0) is 14.3 Å². The highest BCUT2D eigenvalue weighted by Crippen LogP contribution is 1.99. The third-order valence-corrected chi connectivity index (χ3v) is 0.888. The first kappa shape index (κ1) is 10.5. The summed E-state index contributed by atoms with van der Waals surface area (Å²) in [6, 6.07) is 0. The van der Waals surface area contributed by atoms with Crippen LogP contribution in [0, 0.1) is 0 Å². The molecule has 0 aromatic rings. The maximum absolute atomic E-state index is 10.7. The molecule has 0 heterocycles. The molecule has 0 aliphatic rings. The highest BCUT2D eigenvalue weighted by Gasteiger charge is 2.12. The minimum atomic E-state index is -1.49. The molecular weight excluding hydrogens is 164 g/mol. The first-order valence-electron chi connectivity index (χ1n) is 3.19. The largest absolute Gasteiger partial charge is 0.508 e. The summed E-state index contributed by atoms with van der Waals surface area (Å²) < 4.78 is 8.58. The smallest absolute Gasteiger partial charge is 0.450 e. The second-order valence-electron chi connectivity index (χ2n) is 2.14. The van der Waals surface area contributed by atoms with Crippen LogP contribution in [0.25, 0.3) is 0 Å². The van der Waals surface area contributed by atoms with Gasteiger partial charge in [0.05, 0.1) is 0 Å². The lowest BCUT2D eigenvalue weighted by molar-refractivity contribution is -0.162. The van der Waals surface area contributed by atoms with E-state index in [1.54, 1.807) is 0 Å². The first-order chi connectivity index (χ1) is 5.43. The van der Waals surface area contributed by atoms with E-state index >= 15 is 0 Å². The van der Waals surface area contributed by atoms with E-state index in [0.29, 0.717) is 0 Å². The monoisotopic (exact) mass is 174 g/mol. The molecule has 68 valence electrons. The van der Waals surface area contributed by atoms with Gasteiger partial charge in [0.2, 0.25) is 6.29 Å². The zero-order valence-corrected chi connectivity index (χ0v) is 6.86. The topological polar surface area (TPSA) is 72.8 Å². The third-order valence-electron chi connectivity index (χ3n) is 0.888. The van der Waals surface area contributed by atoms with Gasteiger partial charge in [0.15, 0.2) is 0 Å². The minimum Gasteiger partial charge on any atom is -0.450 e. The van der Waals surface area contributed by atoms with Crippen molar-refractivity contribution in [2.24, 2.45) is 0 Å². The molecule has 0 bridgehead atoms. The Morgan fingerprint density at radius 3 is 2.25 bits per heavy atom. The van der Waals surface area contributed by atoms with E-state index in [-0.39, 0.29) is 5.57 Å². The fraction of sp³-hybridized carbons (Fsp3) is 0.429. The van der Waals surface area contributed by atoms with Crippen molar-refractivity contribution >= 4 is 12.1 Å². The summed E-state index contributed by atoms with van der Waals surface area (Å²) in [7, 11) is 0. The second-order valence-corrected chi connectivity index (χ2v) is 2.14. The van der Waals surface area contributed by atoms with Gasteiger partial charge in [-0.3, -0.25) is 0 Å². The predicted molar refractivity (Wildman–Crippen MR) is 39.5 cm³/mol. The average Bonchev–Trinajstić information content (AvgIpc) is 1.84. The Hall–Kier alpha value is -1.52. The van der Waals surface area contributed by atoms with Gasteiger partial charge in [-0.2, -0.15) is 0 Å². The van der Waals surface area contributed by atoms with Crippen LogP contribution in [0.2, 0.25) is 0 Å². The maximum atomic E-state index is 10.7. The number of esters is 1. The van der Waals surface area contributed by atoms with Gasteiger partial charge in [-0.15, -0.1) is 0 Å². The molecule has 0 aliphatic carbocycles. The van der Waals surface area contributed by atoms with Crippen LogP contribution in [-0.4, -0.2) is 23.5 Å². The van der Waals surface area contributed by atoms with Crippen LogP contribution in [0.3, 0.4) is 0 Å². The molecule has 0 fully saturated rings. The van der Waals surface area contributed by atoms with E-state index in [2.05, 4.69) is 16.1 Å². The SMILES string of the molecule is C=C(C)C(=O)OC(C)OC(=O)O. The molecule has 5 nitrogen and oxygen atoms in total. The summed E-state index contributed by atoms with van der Waals surface area (Å²) in [5, 5.41) is 8.10. The highest BCUT2D eigenvalue weighted by atomic mass is 16.8. The summed E-state index contributed by atoms with van der Waals surface area (Å²) in [6.07, 6.45) is -2.59. The third kappa shape index (κ3) is 4.32. The summed E-state index contributed by atoms with van der Waals surface area (Å²) in [5.74, 6) is -0.677. The van der Waals surface area contributed by atoms with Gasteiger partial charge in [0.1, 0.15) is 0 Å². The minimum absolute atomic E-state index is 0.191. The number of carboxylic acid groups (broad SMARTS) is 1. The average molecular weight is 174 g/mol. The number of carbonyl (C=O) groups excluding carboxylic acids is 1. The van der Waals surface area contributed by atoms with E-state index < -0.39 is 18.4 Å². The molecule has 0 saturated carbocycles. The number of carbonyl (C=O) groups is 2. The van der Waals surface area contributed by atoms with Gasteiger partial charge in [-0.05, 0) is 6.92 Å². The molecular formula is C7H10O5. The molecule has 0 aliphatic heterocycles. The normalized spacial score (nSPS) is 11.5. The van der Waals surface area contributed by atoms with Crippen molar-refractivity contribution in [3.63, 3.8) is 0 Å². The van der Waals surface area contributed by atoms with Crippen LogP contribution < -0.4 is 0 Å². The van der Waals surface area contributed by atoms with E-state index in [1.807, 2.05) is 0 Å². The van der Waals surface area contributed by atoms with Crippen molar-refractivity contribution in [1.29, 1.82) is 0 Å².